The molecule has 0 amide bonds. The summed E-state index contributed by atoms with van der Waals surface area (Å²) in [6.07, 6.45) is 5.60. The zero-order valence-corrected chi connectivity index (χ0v) is 17.1. The molecule has 2 aromatic carbocycles. The van der Waals surface area contributed by atoms with Gasteiger partial charge in [-0.2, -0.15) is 5.10 Å². The zero-order valence-electron chi connectivity index (χ0n) is 17.1. The Morgan fingerprint density at radius 1 is 1.21 bits per heavy atom. The van der Waals surface area contributed by atoms with Crippen LogP contribution in [0.5, 0.6) is 0 Å². The highest BCUT2D eigenvalue weighted by Crippen LogP contribution is 2.35. The fourth-order valence-electron chi connectivity index (χ4n) is 4.67. The monoisotopic (exact) mass is 388 g/mol. The van der Waals surface area contributed by atoms with Crippen LogP contribution in [-0.2, 0) is 6.54 Å². The summed E-state index contributed by atoms with van der Waals surface area (Å²) in [5.41, 5.74) is 14.6. The SMILES string of the molecule is Cc1cc(C)c2[nH]ccc2c1CN1CCCCC1c1cccc(/C(N=N)=N/N)c1. The predicted octanol–water partition coefficient (Wildman–Crippen LogP) is 5.16. The van der Waals surface area contributed by atoms with Crippen LogP contribution in [-0.4, -0.2) is 22.3 Å². The molecule has 0 saturated carbocycles. The van der Waals surface area contributed by atoms with E-state index < -0.39 is 0 Å². The number of nitrogens with zero attached hydrogens (tertiary/aromatic N) is 3. The van der Waals surface area contributed by atoms with Crippen LogP contribution in [0.2, 0.25) is 0 Å². The molecule has 1 unspecified atom stereocenters. The third kappa shape index (κ3) is 3.68. The summed E-state index contributed by atoms with van der Waals surface area (Å²) in [5.74, 6) is 5.67. The number of hydrogen-bond donors (Lipinski definition) is 3. The molecule has 1 aliphatic heterocycles. The largest absolute Gasteiger partial charge is 0.361 e. The van der Waals surface area contributed by atoms with E-state index in [1.165, 1.54) is 46.0 Å². The molecule has 6 heteroatoms. The van der Waals surface area contributed by atoms with Gasteiger partial charge >= 0.3 is 0 Å². The molecule has 2 heterocycles. The number of aryl methyl sites for hydroxylation is 2. The standard InChI is InChI=1S/C23H28N6/c1-15-12-16(2)22-19(9-10-26-22)20(15)14-29-11-4-3-8-21(29)17-6-5-7-18(13-17)23(27-24)28-25/h5-7,9-10,12-13,21,24,26H,3-4,8,11,14,25H2,1-2H3/b27-24?,28-23-. The second kappa shape index (κ2) is 8.17. The van der Waals surface area contributed by atoms with Gasteiger partial charge in [0.25, 0.3) is 0 Å². The van der Waals surface area contributed by atoms with Gasteiger partial charge in [-0.15, -0.1) is 5.11 Å². The van der Waals surface area contributed by atoms with Crippen LogP contribution < -0.4 is 5.84 Å². The number of likely N-dealkylation sites (tertiary alicyclic amines) is 1. The Labute approximate surface area is 171 Å². The number of hydrazone groups is 1. The van der Waals surface area contributed by atoms with E-state index in [-0.39, 0.29) is 5.84 Å². The lowest BCUT2D eigenvalue weighted by atomic mass is 9.92. The van der Waals surface area contributed by atoms with E-state index in [9.17, 15) is 0 Å². The Hall–Kier alpha value is -2.99. The first-order chi connectivity index (χ1) is 14.1. The average molecular weight is 389 g/mol. The summed E-state index contributed by atoms with van der Waals surface area (Å²) in [4.78, 5) is 5.98. The van der Waals surface area contributed by atoms with Crippen molar-refractivity contribution >= 4 is 16.7 Å². The first-order valence-corrected chi connectivity index (χ1v) is 10.2. The quantitative estimate of drug-likeness (QED) is 0.189. The molecule has 0 spiro atoms. The molecule has 0 aliphatic carbocycles. The van der Waals surface area contributed by atoms with Crippen LogP contribution in [0.15, 0.2) is 52.8 Å². The van der Waals surface area contributed by atoms with Gasteiger partial charge in [0.2, 0.25) is 0 Å². The summed E-state index contributed by atoms with van der Waals surface area (Å²) >= 11 is 0. The number of nitrogens with two attached hydrogens (primary N) is 1. The number of rotatable bonds is 4. The van der Waals surface area contributed by atoms with E-state index in [0.29, 0.717) is 6.04 Å². The van der Waals surface area contributed by atoms with Gasteiger partial charge in [-0.25, -0.2) is 5.53 Å². The summed E-state index contributed by atoms with van der Waals surface area (Å²) < 4.78 is 0. The number of piperidine rings is 1. The minimum atomic E-state index is 0.262. The van der Waals surface area contributed by atoms with E-state index in [2.05, 4.69) is 58.2 Å². The van der Waals surface area contributed by atoms with Gasteiger partial charge in [0, 0.05) is 35.2 Å². The highest BCUT2D eigenvalue weighted by atomic mass is 15.2. The third-order valence-electron chi connectivity index (χ3n) is 6.11. The molecule has 29 heavy (non-hydrogen) atoms. The second-order valence-corrected chi connectivity index (χ2v) is 7.93. The first-order valence-electron chi connectivity index (χ1n) is 10.2. The van der Waals surface area contributed by atoms with Gasteiger partial charge in [-0.05, 0) is 67.6 Å². The number of fused-ring (bicyclic) bond motifs is 1. The van der Waals surface area contributed by atoms with Crippen molar-refractivity contribution in [3.63, 3.8) is 0 Å². The van der Waals surface area contributed by atoms with E-state index in [4.69, 9.17) is 11.4 Å². The number of benzene rings is 2. The summed E-state index contributed by atoms with van der Waals surface area (Å²) in [6.45, 7) is 6.39. The highest BCUT2D eigenvalue weighted by Gasteiger charge is 2.25. The molecule has 1 atom stereocenters. The Kier molecular flexibility index (Phi) is 5.45. The maximum absolute atomic E-state index is 7.30. The predicted molar refractivity (Wildman–Crippen MR) is 117 cm³/mol. The maximum Gasteiger partial charge on any atom is 0.199 e. The number of aromatic amines is 1. The van der Waals surface area contributed by atoms with Crippen molar-refractivity contribution < 1.29 is 0 Å². The van der Waals surface area contributed by atoms with Crippen molar-refractivity contribution in [3.05, 3.63) is 70.4 Å². The molecule has 6 nitrogen and oxygen atoms in total. The topological polar surface area (TPSA) is 93.6 Å². The van der Waals surface area contributed by atoms with Gasteiger partial charge in [-0.3, -0.25) is 4.90 Å². The van der Waals surface area contributed by atoms with Crippen molar-refractivity contribution in [2.75, 3.05) is 6.54 Å². The molecule has 3 aromatic rings. The molecule has 0 bridgehead atoms. The molecule has 1 aliphatic rings. The van der Waals surface area contributed by atoms with Crippen LogP contribution in [0.4, 0.5) is 0 Å². The van der Waals surface area contributed by atoms with E-state index in [0.717, 1.165) is 25.1 Å². The fourth-order valence-corrected chi connectivity index (χ4v) is 4.67. The zero-order chi connectivity index (χ0) is 20.4. The molecular formula is C23H28N6. The van der Waals surface area contributed by atoms with Gasteiger partial charge in [-0.1, -0.05) is 30.7 Å². The first kappa shape index (κ1) is 19.3. The molecule has 150 valence electrons. The molecule has 1 fully saturated rings. The van der Waals surface area contributed by atoms with Crippen molar-refractivity contribution in [1.82, 2.24) is 9.88 Å². The Morgan fingerprint density at radius 3 is 2.86 bits per heavy atom. The van der Waals surface area contributed by atoms with E-state index in [1.54, 1.807) is 0 Å². The summed E-state index contributed by atoms with van der Waals surface area (Å²) in [6, 6.07) is 13.0. The minimum Gasteiger partial charge on any atom is -0.361 e. The minimum absolute atomic E-state index is 0.262. The van der Waals surface area contributed by atoms with Crippen LogP contribution >= 0.6 is 0 Å². The third-order valence-corrected chi connectivity index (χ3v) is 6.11. The fraction of sp³-hybridized carbons (Fsp3) is 0.348. The number of amidine groups is 1. The molecule has 0 radical (unpaired) electrons. The maximum atomic E-state index is 7.30. The Morgan fingerprint density at radius 2 is 2.07 bits per heavy atom. The summed E-state index contributed by atoms with van der Waals surface area (Å²) in [5, 5.41) is 8.42. The van der Waals surface area contributed by atoms with Crippen LogP contribution in [0, 0.1) is 19.4 Å². The number of hydrogen-bond acceptors (Lipinski definition) is 4. The lowest BCUT2D eigenvalue weighted by Gasteiger charge is -2.37. The second-order valence-electron chi connectivity index (χ2n) is 7.93. The van der Waals surface area contributed by atoms with Crippen molar-refractivity contribution in [3.8, 4) is 0 Å². The smallest absolute Gasteiger partial charge is 0.199 e. The lowest BCUT2D eigenvalue weighted by Crippen LogP contribution is -2.33. The van der Waals surface area contributed by atoms with Crippen molar-refractivity contribution in [2.45, 2.75) is 45.7 Å². The summed E-state index contributed by atoms with van der Waals surface area (Å²) in [7, 11) is 0. The van der Waals surface area contributed by atoms with Gasteiger partial charge in [0.15, 0.2) is 5.84 Å². The number of H-pyrrole nitrogens is 1. The van der Waals surface area contributed by atoms with Crippen molar-refractivity contribution in [2.24, 2.45) is 16.1 Å². The van der Waals surface area contributed by atoms with Gasteiger partial charge < -0.3 is 10.8 Å². The van der Waals surface area contributed by atoms with Crippen LogP contribution in [0.3, 0.4) is 0 Å². The Balaban J connectivity index is 1.69. The Bertz CT molecular complexity index is 1060. The van der Waals surface area contributed by atoms with Crippen LogP contribution in [0.25, 0.3) is 10.9 Å². The molecular weight excluding hydrogens is 360 g/mol. The molecule has 1 saturated heterocycles. The van der Waals surface area contributed by atoms with E-state index >= 15 is 0 Å². The molecule has 4 N–H and O–H groups in total. The van der Waals surface area contributed by atoms with Crippen LogP contribution in [0.1, 0.15) is 53.1 Å². The average Bonchev–Trinajstić information content (AvgIpc) is 3.23. The molecule has 4 rings (SSSR count). The van der Waals surface area contributed by atoms with Gasteiger partial charge in [0.05, 0.1) is 0 Å². The highest BCUT2D eigenvalue weighted by molar-refractivity contribution is 5.98. The molecule has 1 aromatic heterocycles. The normalized spacial score (nSPS) is 18.3. The number of nitrogens with one attached hydrogen (secondary N) is 2. The lowest BCUT2D eigenvalue weighted by molar-refractivity contribution is 0.141. The van der Waals surface area contributed by atoms with Gasteiger partial charge in [0.1, 0.15) is 0 Å². The van der Waals surface area contributed by atoms with Crippen molar-refractivity contribution in [1.29, 1.82) is 5.53 Å². The number of aromatic nitrogens is 1. The van der Waals surface area contributed by atoms with E-state index in [1.807, 2.05) is 18.3 Å².